The molecule has 0 aliphatic heterocycles. The van der Waals surface area contributed by atoms with Gasteiger partial charge in [-0.05, 0) is 69.2 Å². The first-order valence-electron chi connectivity index (χ1n) is 12.7. The third kappa shape index (κ3) is 6.57. The molecule has 1 aliphatic carbocycles. The molecule has 192 valence electrons. The van der Waals surface area contributed by atoms with Gasteiger partial charge in [0.1, 0.15) is 5.76 Å². The fourth-order valence-corrected chi connectivity index (χ4v) is 5.38. The lowest BCUT2D eigenvalue weighted by molar-refractivity contribution is -0.126. The Balaban J connectivity index is 1.41. The van der Waals surface area contributed by atoms with Crippen LogP contribution in [0.3, 0.4) is 0 Å². The Morgan fingerprint density at radius 1 is 1.17 bits per heavy atom. The van der Waals surface area contributed by atoms with E-state index in [-0.39, 0.29) is 41.0 Å². The molecule has 0 unspecified atom stereocenters. The fraction of sp³-hybridized carbons (Fsp3) is 0.481. The van der Waals surface area contributed by atoms with E-state index in [0.717, 1.165) is 37.9 Å². The molecular formula is C27H34N4O4S. The van der Waals surface area contributed by atoms with Gasteiger partial charge in [-0.3, -0.25) is 19.0 Å². The molecule has 0 spiro atoms. The molecule has 0 saturated heterocycles. The van der Waals surface area contributed by atoms with Gasteiger partial charge in [0.2, 0.25) is 11.8 Å². The van der Waals surface area contributed by atoms with E-state index in [1.807, 2.05) is 38.1 Å². The van der Waals surface area contributed by atoms with Gasteiger partial charge in [-0.25, -0.2) is 4.98 Å². The number of nitrogens with one attached hydrogen (secondary N) is 2. The predicted molar refractivity (Wildman–Crippen MR) is 141 cm³/mol. The predicted octanol–water partition coefficient (Wildman–Crippen LogP) is 4.12. The molecule has 1 aliphatic rings. The van der Waals surface area contributed by atoms with Gasteiger partial charge in [0, 0.05) is 18.5 Å². The van der Waals surface area contributed by atoms with E-state index < -0.39 is 0 Å². The van der Waals surface area contributed by atoms with Crippen molar-refractivity contribution in [2.45, 2.75) is 70.2 Å². The number of thioether (sulfide) groups is 1. The van der Waals surface area contributed by atoms with Crippen LogP contribution in [-0.4, -0.2) is 33.2 Å². The maximum absolute atomic E-state index is 13.4. The van der Waals surface area contributed by atoms with Crippen molar-refractivity contribution in [2.75, 3.05) is 5.75 Å². The summed E-state index contributed by atoms with van der Waals surface area (Å²) < 4.78 is 7.01. The van der Waals surface area contributed by atoms with Crippen molar-refractivity contribution in [3.63, 3.8) is 0 Å². The second kappa shape index (κ2) is 12.3. The Kier molecular flexibility index (Phi) is 8.85. The van der Waals surface area contributed by atoms with Crippen LogP contribution >= 0.6 is 11.8 Å². The number of para-hydroxylation sites is 1. The smallest absolute Gasteiger partial charge is 0.262 e. The molecule has 1 saturated carbocycles. The van der Waals surface area contributed by atoms with Gasteiger partial charge in [0.15, 0.2) is 5.16 Å². The maximum Gasteiger partial charge on any atom is 0.262 e. The highest BCUT2D eigenvalue weighted by molar-refractivity contribution is 7.99. The maximum atomic E-state index is 13.4. The van der Waals surface area contributed by atoms with E-state index in [1.165, 1.54) is 11.8 Å². The molecule has 3 aromatic rings. The number of hydrogen-bond acceptors (Lipinski definition) is 6. The molecular weight excluding hydrogens is 476 g/mol. The highest BCUT2D eigenvalue weighted by Gasteiger charge is 2.27. The second-order valence-electron chi connectivity index (χ2n) is 9.51. The number of rotatable bonds is 10. The number of carbonyl (C=O) groups excluding carboxylic acids is 2. The van der Waals surface area contributed by atoms with Crippen molar-refractivity contribution in [3.05, 3.63) is 58.8 Å². The van der Waals surface area contributed by atoms with Crippen molar-refractivity contribution in [3.8, 4) is 0 Å². The molecule has 2 heterocycles. The zero-order valence-electron chi connectivity index (χ0n) is 20.9. The Labute approximate surface area is 215 Å². The molecule has 1 atom stereocenters. The van der Waals surface area contributed by atoms with Gasteiger partial charge in [0.05, 0.1) is 29.5 Å². The SMILES string of the molecule is CC[C@@H](C)NC(=O)CSc1nc2ccccc2c(=O)n1CC1CCC(C(=O)NCc2ccco2)CC1. The summed E-state index contributed by atoms with van der Waals surface area (Å²) in [6.07, 6.45) is 5.74. The Bertz CT molecular complexity index is 1230. The van der Waals surface area contributed by atoms with E-state index in [9.17, 15) is 14.4 Å². The fourth-order valence-electron chi connectivity index (χ4n) is 4.56. The van der Waals surface area contributed by atoms with Crippen LogP contribution in [-0.2, 0) is 22.7 Å². The molecule has 1 fully saturated rings. The lowest BCUT2D eigenvalue weighted by atomic mass is 9.81. The van der Waals surface area contributed by atoms with Crippen molar-refractivity contribution in [1.82, 2.24) is 20.2 Å². The summed E-state index contributed by atoms with van der Waals surface area (Å²) in [4.78, 5) is 43.1. The van der Waals surface area contributed by atoms with E-state index in [2.05, 4.69) is 10.6 Å². The van der Waals surface area contributed by atoms with Crippen LogP contribution in [0.4, 0.5) is 0 Å². The molecule has 36 heavy (non-hydrogen) atoms. The molecule has 0 radical (unpaired) electrons. The van der Waals surface area contributed by atoms with Gasteiger partial charge in [0.25, 0.3) is 5.56 Å². The zero-order valence-corrected chi connectivity index (χ0v) is 21.7. The molecule has 0 bridgehead atoms. The largest absolute Gasteiger partial charge is 0.467 e. The first-order valence-corrected chi connectivity index (χ1v) is 13.6. The summed E-state index contributed by atoms with van der Waals surface area (Å²) in [5.41, 5.74) is 0.560. The van der Waals surface area contributed by atoms with Crippen molar-refractivity contribution in [2.24, 2.45) is 11.8 Å². The molecule has 4 rings (SSSR count). The summed E-state index contributed by atoms with van der Waals surface area (Å²) in [6.45, 7) is 4.93. The number of fused-ring (bicyclic) bond motifs is 1. The van der Waals surface area contributed by atoms with E-state index in [4.69, 9.17) is 9.40 Å². The van der Waals surface area contributed by atoms with E-state index in [0.29, 0.717) is 29.1 Å². The molecule has 1 aromatic carbocycles. The third-order valence-electron chi connectivity index (χ3n) is 6.85. The van der Waals surface area contributed by atoms with Gasteiger partial charge < -0.3 is 15.1 Å². The van der Waals surface area contributed by atoms with Gasteiger partial charge in [-0.1, -0.05) is 30.8 Å². The zero-order chi connectivity index (χ0) is 25.5. The van der Waals surface area contributed by atoms with E-state index in [1.54, 1.807) is 23.0 Å². The quantitative estimate of drug-likeness (QED) is 0.314. The number of hydrogen-bond donors (Lipinski definition) is 2. The average molecular weight is 511 g/mol. The van der Waals surface area contributed by atoms with Crippen molar-refractivity contribution < 1.29 is 14.0 Å². The minimum Gasteiger partial charge on any atom is -0.467 e. The first kappa shape index (κ1) is 26.0. The molecule has 2 amide bonds. The summed E-state index contributed by atoms with van der Waals surface area (Å²) in [5, 5.41) is 7.08. The van der Waals surface area contributed by atoms with Crippen LogP contribution in [0, 0.1) is 11.8 Å². The molecule has 8 nitrogen and oxygen atoms in total. The highest BCUT2D eigenvalue weighted by atomic mass is 32.2. The van der Waals surface area contributed by atoms with Gasteiger partial charge in [-0.15, -0.1) is 0 Å². The summed E-state index contributed by atoms with van der Waals surface area (Å²) in [7, 11) is 0. The topological polar surface area (TPSA) is 106 Å². The number of nitrogens with zero attached hydrogens (tertiary/aromatic N) is 2. The lowest BCUT2D eigenvalue weighted by Crippen LogP contribution is -2.35. The van der Waals surface area contributed by atoms with Gasteiger partial charge in [-0.2, -0.15) is 0 Å². The Morgan fingerprint density at radius 2 is 1.94 bits per heavy atom. The number of furan rings is 1. The van der Waals surface area contributed by atoms with Gasteiger partial charge >= 0.3 is 0 Å². The molecule has 2 N–H and O–H groups in total. The molecule has 9 heteroatoms. The average Bonchev–Trinajstić information content (AvgIpc) is 3.42. The summed E-state index contributed by atoms with van der Waals surface area (Å²) in [6, 6.07) is 11.1. The van der Waals surface area contributed by atoms with Crippen molar-refractivity contribution in [1.29, 1.82) is 0 Å². The van der Waals surface area contributed by atoms with Crippen molar-refractivity contribution >= 4 is 34.5 Å². The lowest BCUT2D eigenvalue weighted by Gasteiger charge is -2.28. The first-order chi connectivity index (χ1) is 17.4. The number of amides is 2. The summed E-state index contributed by atoms with van der Waals surface area (Å²) >= 11 is 1.30. The normalized spacial score (nSPS) is 18.6. The third-order valence-corrected chi connectivity index (χ3v) is 7.83. The summed E-state index contributed by atoms with van der Waals surface area (Å²) in [5.74, 6) is 1.18. The minimum atomic E-state index is -0.0799. The minimum absolute atomic E-state index is 0.0271. The Morgan fingerprint density at radius 3 is 2.67 bits per heavy atom. The van der Waals surface area contributed by atoms with E-state index >= 15 is 0 Å². The standard InChI is InChI=1S/C27H34N4O4S/c1-3-18(2)29-24(32)17-36-27-30-23-9-5-4-8-22(23)26(34)31(27)16-19-10-12-20(13-11-19)25(33)28-15-21-7-6-14-35-21/h4-9,14,18-20H,3,10-13,15-17H2,1-2H3,(H,28,33)(H,29,32)/t18-,19?,20?/m1/s1. The number of aromatic nitrogens is 2. The van der Waals surface area contributed by atoms with Crippen LogP contribution in [0.15, 0.2) is 57.0 Å². The highest BCUT2D eigenvalue weighted by Crippen LogP contribution is 2.31. The number of benzene rings is 1. The number of carbonyl (C=O) groups is 2. The van der Waals surface area contributed by atoms with Crippen LogP contribution in [0.1, 0.15) is 51.7 Å². The second-order valence-corrected chi connectivity index (χ2v) is 10.5. The monoisotopic (exact) mass is 510 g/mol. The van der Waals surface area contributed by atoms with Crippen LogP contribution in [0.2, 0.25) is 0 Å². The Hall–Kier alpha value is -3.07. The molecule has 2 aromatic heterocycles. The van der Waals surface area contributed by atoms with Crippen LogP contribution in [0.5, 0.6) is 0 Å². The van der Waals surface area contributed by atoms with Crippen LogP contribution < -0.4 is 16.2 Å². The van der Waals surface area contributed by atoms with Crippen LogP contribution in [0.25, 0.3) is 10.9 Å².